The zero-order valence-corrected chi connectivity index (χ0v) is 19.6. The first-order valence-electron chi connectivity index (χ1n) is 11.2. The van der Waals surface area contributed by atoms with Crippen LogP contribution in [-0.2, 0) is 0 Å². The second-order valence-corrected chi connectivity index (χ2v) is 8.29. The molecule has 0 radical (unpaired) electrons. The van der Waals surface area contributed by atoms with Crippen LogP contribution >= 0.6 is 0 Å². The first-order chi connectivity index (χ1) is 17.4. The summed E-state index contributed by atoms with van der Waals surface area (Å²) >= 11 is 0. The first kappa shape index (κ1) is 22.9. The standard InChI is InChI=1S/C30H22O6/c1-35-27-19-9-5-3-7-17(19)11-13-21(27)23-15-26(30(33)34)24(16-25(23)29(31)32)22-14-12-18-8-4-6-10-20(18)28(22)36-2/h3-16H,1-2H3,(H,31,32)(H,33,34). The summed E-state index contributed by atoms with van der Waals surface area (Å²) in [6.45, 7) is 0. The van der Waals surface area contributed by atoms with Gasteiger partial charge in [0, 0.05) is 33.0 Å². The van der Waals surface area contributed by atoms with E-state index in [0.29, 0.717) is 22.6 Å². The Hall–Kier alpha value is -4.84. The normalized spacial score (nSPS) is 10.9. The third-order valence-corrected chi connectivity index (χ3v) is 6.37. The van der Waals surface area contributed by atoms with Crippen molar-refractivity contribution in [3.8, 4) is 33.8 Å². The molecule has 0 aliphatic rings. The third kappa shape index (κ3) is 3.69. The topological polar surface area (TPSA) is 93.1 Å². The minimum absolute atomic E-state index is 0.0428. The Kier molecular flexibility index (Phi) is 5.78. The number of hydrogen-bond acceptors (Lipinski definition) is 4. The van der Waals surface area contributed by atoms with Crippen molar-refractivity contribution >= 4 is 33.5 Å². The molecule has 6 heteroatoms. The second kappa shape index (κ2) is 9.07. The van der Waals surface area contributed by atoms with E-state index in [2.05, 4.69) is 0 Å². The molecule has 5 rings (SSSR count). The van der Waals surface area contributed by atoms with Crippen LogP contribution in [0.1, 0.15) is 20.7 Å². The lowest BCUT2D eigenvalue weighted by molar-refractivity contribution is 0.0682. The van der Waals surface area contributed by atoms with Gasteiger partial charge in [0.25, 0.3) is 0 Å². The van der Waals surface area contributed by atoms with E-state index in [9.17, 15) is 19.8 Å². The smallest absolute Gasteiger partial charge is 0.336 e. The van der Waals surface area contributed by atoms with Crippen LogP contribution in [0.3, 0.4) is 0 Å². The summed E-state index contributed by atoms with van der Waals surface area (Å²) in [5, 5.41) is 23.8. The second-order valence-electron chi connectivity index (χ2n) is 8.29. The van der Waals surface area contributed by atoms with Crippen molar-refractivity contribution in [1.29, 1.82) is 0 Å². The van der Waals surface area contributed by atoms with E-state index >= 15 is 0 Å². The maximum atomic E-state index is 12.5. The summed E-state index contributed by atoms with van der Waals surface area (Å²) in [7, 11) is 3.02. The Labute approximate surface area is 207 Å². The van der Waals surface area contributed by atoms with Gasteiger partial charge in [0.15, 0.2) is 0 Å². The van der Waals surface area contributed by atoms with Crippen LogP contribution in [0.4, 0.5) is 0 Å². The molecule has 0 saturated heterocycles. The SMILES string of the molecule is COc1c(-c2cc(C(=O)O)c(-c3ccc4ccccc4c3OC)cc2C(=O)O)ccc2ccccc12. The van der Waals surface area contributed by atoms with E-state index in [4.69, 9.17) is 9.47 Å². The van der Waals surface area contributed by atoms with E-state index in [0.717, 1.165) is 21.5 Å². The van der Waals surface area contributed by atoms with Crippen LogP contribution in [0.2, 0.25) is 0 Å². The molecule has 5 aromatic rings. The molecule has 0 unspecified atom stereocenters. The molecule has 36 heavy (non-hydrogen) atoms. The minimum Gasteiger partial charge on any atom is -0.495 e. The van der Waals surface area contributed by atoms with Crippen molar-refractivity contribution in [1.82, 2.24) is 0 Å². The summed E-state index contributed by atoms with van der Waals surface area (Å²) in [4.78, 5) is 24.9. The predicted molar refractivity (Wildman–Crippen MR) is 139 cm³/mol. The van der Waals surface area contributed by atoms with E-state index in [-0.39, 0.29) is 22.3 Å². The molecule has 0 spiro atoms. The van der Waals surface area contributed by atoms with Crippen molar-refractivity contribution in [2.45, 2.75) is 0 Å². The molecular formula is C30H22O6. The van der Waals surface area contributed by atoms with Crippen LogP contribution < -0.4 is 9.47 Å². The number of ether oxygens (including phenoxy) is 2. The zero-order chi connectivity index (χ0) is 25.4. The average molecular weight is 479 g/mol. The van der Waals surface area contributed by atoms with E-state index in [1.807, 2.05) is 60.7 Å². The Morgan fingerprint density at radius 3 is 1.31 bits per heavy atom. The van der Waals surface area contributed by atoms with Crippen molar-refractivity contribution < 1.29 is 29.3 Å². The number of rotatable bonds is 6. The van der Waals surface area contributed by atoms with Crippen molar-refractivity contribution in [3.05, 3.63) is 96.1 Å². The molecule has 0 atom stereocenters. The fourth-order valence-electron chi connectivity index (χ4n) is 4.75. The maximum absolute atomic E-state index is 12.5. The number of hydrogen-bond donors (Lipinski definition) is 2. The van der Waals surface area contributed by atoms with Crippen molar-refractivity contribution in [3.63, 3.8) is 0 Å². The molecule has 0 bridgehead atoms. The largest absolute Gasteiger partial charge is 0.495 e. The van der Waals surface area contributed by atoms with Crippen molar-refractivity contribution in [2.75, 3.05) is 14.2 Å². The lowest BCUT2D eigenvalue weighted by atomic mass is 9.88. The highest BCUT2D eigenvalue weighted by atomic mass is 16.5. The Morgan fingerprint density at radius 1 is 0.556 bits per heavy atom. The molecule has 6 nitrogen and oxygen atoms in total. The highest BCUT2D eigenvalue weighted by molar-refractivity contribution is 6.08. The van der Waals surface area contributed by atoms with Gasteiger partial charge >= 0.3 is 11.9 Å². The predicted octanol–water partition coefficient (Wildman–Crippen LogP) is 6.74. The number of carboxylic acids is 2. The number of aromatic carboxylic acids is 2. The lowest BCUT2D eigenvalue weighted by Gasteiger charge is -2.18. The van der Waals surface area contributed by atoms with Crippen LogP contribution in [0.5, 0.6) is 11.5 Å². The maximum Gasteiger partial charge on any atom is 0.336 e. The van der Waals surface area contributed by atoms with Gasteiger partial charge in [-0.1, -0.05) is 60.7 Å². The zero-order valence-electron chi connectivity index (χ0n) is 19.6. The number of methoxy groups -OCH3 is 2. The van der Waals surface area contributed by atoms with E-state index in [1.165, 1.54) is 26.4 Å². The summed E-state index contributed by atoms with van der Waals surface area (Å²) < 4.78 is 11.4. The Bertz CT molecular complexity index is 1540. The summed E-state index contributed by atoms with van der Waals surface area (Å²) in [6, 6.07) is 25.2. The van der Waals surface area contributed by atoms with Gasteiger partial charge in [-0.2, -0.15) is 0 Å². The van der Waals surface area contributed by atoms with Gasteiger partial charge in [-0.3, -0.25) is 0 Å². The number of carboxylic acid groups (broad SMARTS) is 2. The van der Waals surface area contributed by atoms with Crippen molar-refractivity contribution in [2.24, 2.45) is 0 Å². The molecule has 178 valence electrons. The number of carbonyl (C=O) groups is 2. The van der Waals surface area contributed by atoms with Crippen LogP contribution in [0.25, 0.3) is 43.8 Å². The summed E-state index contributed by atoms with van der Waals surface area (Å²) in [5.41, 5.74) is 1.41. The molecule has 0 heterocycles. The van der Waals surface area contributed by atoms with Crippen LogP contribution in [-0.4, -0.2) is 36.4 Å². The average Bonchev–Trinajstić information content (AvgIpc) is 2.90. The van der Waals surface area contributed by atoms with E-state index < -0.39 is 11.9 Å². The molecule has 2 N–H and O–H groups in total. The fraction of sp³-hybridized carbons (Fsp3) is 0.0667. The Morgan fingerprint density at radius 2 is 0.944 bits per heavy atom. The molecule has 0 amide bonds. The highest BCUT2D eigenvalue weighted by Crippen LogP contribution is 2.43. The molecule has 0 saturated carbocycles. The quantitative estimate of drug-likeness (QED) is 0.281. The molecule has 0 aromatic heterocycles. The minimum atomic E-state index is -1.18. The van der Waals surface area contributed by atoms with Gasteiger partial charge < -0.3 is 19.7 Å². The van der Waals surface area contributed by atoms with Gasteiger partial charge in [-0.05, 0) is 35.0 Å². The van der Waals surface area contributed by atoms with Gasteiger partial charge in [-0.15, -0.1) is 0 Å². The monoisotopic (exact) mass is 478 g/mol. The number of fused-ring (bicyclic) bond motifs is 2. The fourth-order valence-corrected chi connectivity index (χ4v) is 4.75. The van der Waals surface area contributed by atoms with Crippen LogP contribution in [0.15, 0.2) is 84.9 Å². The molecule has 5 aromatic carbocycles. The lowest BCUT2D eigenvalue weighted by Crippen LogP contribution is -2.07. The van der Waals surface area contributed by atoms with E-state index in [1.54, 1.807) is 12.1 Å². The first-order valence-corrected chi connectivity index (χ1v) is 11.2. The van der Waals surface area contributed by atoms with Gasteiger partial charge in [-0.25, -0.2) is 9.59 Å². The summed E-state index contributed by atoms with van der Waals surface area (Å²) in [5.74, 6) is -1.41. The van der Waals surface area contributed by atoms with Gasteiger partial charge in [0.1, 0.15) is 11.5 Å². The van der Waals surface area contributed by atoms with Gasteiger partial charge in [0.2, 0.25) is 0 Å². The number of benzene rings is 5. The van der Waals surface area contributed by atoms with Gasteiger partial charge in [0.05, 0.1) is 25.3 Å². The summed E-state index contributed by atoms with van der Waals surface area (Å²) in [6.07, 6.45) is 0. The van der Waals surface area contributed by atoms with Crippen LogP contribution in [0, 0.1) is 0 Å². The third-order valence-electron chi connectivity index (χ3n) is 6.37. The highest BCUT2D eigenvalue weighted by Gasteiger charge is 2.25. The molecular weight excluding hydrogens is 456 g/mol. The molecule has 0 aliphatic heterocycles. The molecule has 0 fully saturated rings. The molecule has 0 aliphatic carbocycles. The Balaban J connectivity index is 1.84.